The van der Waals surface area contributed by atoms with Gasteiger partial charge in [-0.25, -0.2) is 4.79 Å². The molecule has 13 nitrogen and oxygen atoms in total. The molecule has 0 saturated heterocycles. The van der Waals surface area contributed by atoms with Gasteiger partial charge in [0.1, 0.15) is 17.2 Å². The van der Waals surface area contributed by atoms with Crippen LogP contribution in [0.2, 0.25) is 0 Å². The SMILES string of the molecule is COc1ccc(OC(=O)Nc2ccc3c(c2O)C(=O)C2C(=O)[C@@]4(O)C(=O)C(C(N)=O)C(=O)[C@H](N(C)C)[C@H]4C[C@H]2C3)cc1. The fraction of sp³-hybridized carbons (Fsp3) is 0.379. The largest absolute Gasteiger partial charge is 0.505 e. The minimum absolute atomic E-state index is 0.0567. The van der Waals surface area contributed by atoms with Crippen LogP contribution in [0.3, 0.4) is 0 Å². The lowest BCUT2D eigenvalue weighted by atomic mass is 9.52. The summed E-state index contributed by atoms with van der Waals surface area (Å²) in [7, 11) is 4.51. The Hall–Kier alpha value is -4.62. The van der Waals surface area contributed by atoms with Crippen LogP contribution in [0.15, 0.2) is 36.4 Å². The fourth-order valence-electron chi connectivity index (χ4n) is 6.57. The van der Waals surface area contributed by atoms with Gasteiger partial charge in [0, 0.05) is 5.92 Å². The molecule has 2 saturated carbocycles. The highest BCUT2D eigenvalue weighted by Crippen LogP contribution is 2.51. The molecular weight excluding hydrogens is 550 g/mol. The Morgan fingerprint density at radius 2 is 1.67 bits per heavy atom. The monoisotopic (exact) mass is 579 g/mol. The van der Waals surface area contributed by atoms with E-state index >= 15 is 0 Å². The number of ketones is 4. The van der Waals surface area contributed by atoms with Gasteiger partial charge in [-0.05, 0) is 68.8 Å². The number of primary amides is 1. The minimum Gasteiger partial charge on any atom is -0.505 e. The molecule has 5 rings (SSSR count). The molecular formula is C29H29N3O10. The molecule has 2 aromatic carbocycles. The molecule has 0 bridgehead atoms. The second-order valence-electron chi connectivity index (χ2n) is 11.0. The number of aromatic hydroxyl groups is 1. The number of rotatable bonds is 5. The van der Waals surface area contributed by atoms with Gasteiger partial charge in [0.25, 0.3) is 0 Å². The normalized spacial score (nSPS) is 28.5. The number of hydrogen-bond acceptors (Lipinski definition) is 11. The van der Waals surface area contributed by atoms with E-state index in [9.17, 15) is 39.0 Å². The summed E-state index contributed by atoms with van der Waals surface area (Å²) in [5.41, 5.74) is 2.48. The van der Waals surface area contributed by atoms with E-state index in [2.05, 4.69) is 5.32 Å². The number of methoxy groups -OCH3 is 1. The van der Waals surface area contributed by atoms with Crippen molar-refractivity contribution in [3.8, 4) is 17.2 Å². The Labute approximate surface area is 239 Å². The van der Waals surface area contributed by atoms with Crippen molar-refractivity contribution in [2.45, 2.75) is 24.5 Å². The molecule has 42 heavy (non-hydrogen) atoms. The fourth-order valence-corrected chi connectivity index (χ4v) is 6.57. The summed E-state index contributed by atoms with van der Waals surface area (Å²) in [5.74, 6) is -10.8. The summed E-state index contributed by atoms with van der Waals surface area (Å²) in [5, 5.41) is 25.0. The first-order chi connectivity index (χ1) is 19.8. The van der Waals surface area contributed by atoms with E-state index in [0.29, 0.717) is 11.3 Å². The molecule has 2 amide bonds. The number of ether oxygens (including phenoxy) is 2. The van der Waals surface area contributed by atoms with Crippen LogP contribution >= 0.6 is 0 Å². The summed E-state index contributed by atoms with van der Waals surface area (Å²) in [4.78, 5) is 80.1. The molecule has 0 spiro atoms. The molecule has 0 radical (unpaired) electrons. The predicted molar refractivity (Wildman–Crippen MR) is 144 cm³/mol. The first kappa shape index (κ1) is 28.9. The third-order valence-corrected chi connectivity index (χ3v) is 8.44. The summed E-state index contributed by atoms with van der Waals surface area (Å²) < 4.78 is 10.3. The van der Waals surface area contributed by atoms with Crippen molar-refractivity contribution in [3.05, 3.63) is 47.5 Å². The van der Waals surface area contributed by atoms with Gasteiger partial charge in [-0.15, -0.1) is 0 Å². The number of hydrogen-bond donors (Lipinski definition) is 4. The van der Waals surface area contributed by atoms with Gasteiger partial charge in [-0.1, -0.05) is 6.07 Å². The Kier molecular flexibility index (Phi) is 7.11. The number of aliphatic hydroxyl groups is 1. The van der Waals surface area contributed by atoms with Crippen LogP contribution in [0.25, 0.3) is 0 Å². The van der Waals surface area contributed by atoms with Crippen LogP contribution in [0.5, 0.6) is 17.2 Å². The van der Waals surface area contributed by atoms with Crippen molar-refractivity contribution in [2.24, 2.45) is 29.4 Å². The van der Waals surface area contributed by atoms with Crippen molar-refractivity contribution >= 4 is 40.8 Å². The maximum absolute atomic E-state index is 13.9. The topological polar surface area (TPSA) is 203 Å². The zero-order valence-electron chi connectivity index (χ0n) is 23.0. The van der Waals surface area contributed by atoms with Crippen molar-refractivity contribution in [1.29, 1.82) is 0 Å². The Bertz CT molecular complexity index is 1530. The van der Waals surface area contributed by atoms with Crippen LogP contribution in [-0.4, -0.2) is 83.1 Å². The Morgan fingerprint density at radius 3 is 2.26 bits per heavy atom. The molecule has 0 aliphatic heterocycles. The highest BCUT2D eigenvalue weighted by atomic mass is 16.6. The van der Waals surface area contributed by atoms with Crippen molar-refractivity contribution < 1.29 is 48.5 Å². The predicted octanol–water partition coefficient (Wildman–Crippen LogP) is 0.487. The number of amides is 2. The van der Waals surface area contributed by atoms with Gasteiger partial charge in [0.05, 0.1) is 30.3 Å². The molecule has 0 aromatic heterocycles. The Morgan fingerprint density at radius 1 is 1.02 bits per heavy atom. The molecule has 13 heteroatoms. The highest BCUT2D eigenvalue weighted by molar-refractivity contribution is 6.32. The summed E-state index contributed by atoms with van der Waals surface area (Å²) in [6.45, 7) is 0. The maximum Gasteiger partial charge on any atom is 0.417 e. The number of benzene rings is 2. The Balaban J connectivity index is 1.46. The number of nitrogens with zero attached hydrogens (tertiary/aromatic N) is 1. The first-order valence-electron chi connectivity index (χ1n) is 13.1. The zero-order chi connectivity index (χ0) is 30.7. The van der Waals surface area contributed by atoms with Gasteiger partial charge < -0.3 is 25.4 Å². The molecule has 5 N–H and O–H groups in total. The van der Waals surface area contributed by atoms with E-state index in [4.69, 9.17) is 15.2 Å². The number of carbonyl (C=O) groups excluding carboxylic acids is 6. The van der Waals surface area contributed by atoms with Crippen molar-refractivity contribution in [2.75, 3.05) is 26.5 Å². The summed E-state index contributed by atoms with van der Waals surface area (Å²) in [6, 6.07) is 7.85. The van der Waals surface area contributed by atoms with E-state index in [1.807, 2.05) is 0 Å². The second-order valence-corrected chi connectivity index (χ2v) is 11.0. The van der Waals surface area contributed by atoms with Crippen LogP contribution in [0.1, 0.15) is 22.3 Å². The molecule has 2 fully saturated rings. The number of phenols is 1. The van der Waals surface area contributed by atoms with E-state index in [1.54, 1.807) is 12.1 Å². The number of anilines is 1. The lowest BCUT2D eigenvalue weighted by Gasteiger charge is -2.52. The van der Waals surface area contributed by atoms with Crippen molar-refractivity contribution in [3.63, 3.8) is 0 Å². The van der Waals surface area contributed by atoms with Crippen LogP contribution in [-0.2, 0) is 25.6 Å². The number of nitrogens with two attached hydrogens (primary N) is 1. The quantitative estimate of drug-likeness (QED) is 0.283. The standard InChI is InChI=1S/C29H29N3O10/c1-32(2)21-16-11-13-10-12-4-9-17(31-28(39)42-15-7-5-14(41-3)6-8-15)22(33)18(12)23(34)19(13)25(36)29(16,40)26(37)20(24(21)35)27(30)38/h4-9,13,16,19-21,33,40H,10-11H2,1-3H3,(H2,30,38)(H,31,39)/t13-,16-,19?,20?,21-,29-/m1/s1. The zero-order valence-corrected chi connectivity index (χ0v) is 23.0. The number of phenolic OH excluding ortho intramolecular Hbond substituents is 1. The molecule has 6 atom stereocenters. The van der Waals surface area contributed by atoms with E-state index in [0.717, 1.165) is 0 Å². The lowest BCUT2D eigenvalue weighted by molar-refractivity contribution is -0.181. The van der Waals surface area contributed by atoms with Gasteiger partial charge in [0.15, 0.2) is 34.7 Å². The molecule has 2 unspecified atom stereocenters. The highest BCUT2D eigenvalue weighted by Gasteiger charge is 2.69. The average molecular weight is 580 g/mol. The minimum atomic E-state index is -2.81. The molecule has 0 heterocycles. The van der Waals surface area contributed by atoms with Gasteiger partial charge in [-0.2, -0.15) is 0 Å². The number of fused-ring (bicyclic) bond motifs is 3. The third-order valence-electron chi connectivity index (χ3n) is 8.44. The van der Waals surface area contributed by atoms with Gasteiger partial charge in [-0.3, -0.25) is 34.2 Å². The number of nitrogens with one attached hydrogen (secondary N) is 1. The van der Waals surface area contributed by atoms with E-state index < -0.39 is 76.2 Å². The van der Waals surface area contributed by atoms with Crippen LogP contribution in [0, 0.1) is 23.7 Å². The number of Topliss-reactive ketones (excluding diaryl/α,β-unsaturated/α-hetero) is 4. The van der Waals surface area contributed by atoms with E-state index in [1.165, 1.54) is 50.4 Å². The summed E-state index contributed by atoms with van der Waals surface area (Å²) >= 11 is 0. The lowest BCUT2D eigenvalue weighted by Crippen LogP contribution is -2.74. The van der Waals surface area contributed by atoms with Gasteiger partial charge in [0.2, 0.25) is 5.91 Å². The molecule has 3 aliphatic carbocycles. The van der Waals surface area contributed by atoms with Crippen LogP contribution < -0.4 is 20.5 Å². The smallest absolute Gasteiger partial charge is 0.417 e. The van der Waals surface area contributed by atoms with Gasteiger partial charge >= 0.3 is 6.09 Å². The number of likely N-dealkylation sites (N-methyl/N-ethyl adjacent to an activating group) is 1. The average Bonchev–Trinajstić information content (AvgIpc) is 2.92. The number of carbonyl (C=O) groups is 6. The first-order valence-corrected chi connectivity index (χ1v) is 13.1. The molecule has 3 aliphatic rings. The molecule has 220 valence electrons. The van der Waals surface area contributed by atoms with Crippen molar-refractivity contribution in [1.82, 2.24) is 4.90 Å². The summed E-state index contributed by atoms with van der Waals surface area (Å²) in [6.07, 6.45) is -0.915. The third kappa shape index (κ3) is 4.32. The van der Waals surface area contributed by atoms with E-state index in [-0.39, 0.29) is 29.8 Å². The maximum atomic E-state index is 13.9. The second kappa shape index (κ2) is 10.3. The van der Waals surface area contributed by atoms with Crippen LogP contribution in [0.4, 0.5) is 10.5 Å². The molecule has 2 aromatic rings.